The van der Waals surface area contributed by atoms with E-state index in [0.717, 1.165) is 0 Å². The van der Waals surface area contributed by atoms with Gasteiger partial charge in [-0.3, -0.25) is 4.79 Å². The Bertz CT molecular complexity index is 877. The maximum Gasteiger partial charge on any atom is 0.271 e. The van der Waals surface area contributed by atoms with Crippen LogP contribution >= 0.6 is 23.2 Å². The number of hydrogen-bond acceptors (Lipinski definition) is 5. The number of hydrazone groups is 1. The number of carbonyl (C=O) groups excluding carboxylic acids is 1. The molecule has 0 bridgehead atoms. The Morgan fingerprint density at radius 3 is 2.34 bits per heavy atom. The molecule has 6 nitrogen and oxygen atoms in total. The lowest BCUT2D eigenvalue weighted by atomic mass is 10.2. The maximum absolute atomic E-state index is 12.4. The fraction of sp³-hybridized carbons (Fsp3) is 0.238. The highest BCUT2D eigenvalue weighted by Gasteiger charge is 2.12. The van der Waals surface area contributed by atoms with Crippen molar-refractivity contribution in [2.24, 2.45) is 5.10 Å². The molecule has 154 valence electrons. The number of amides is 1. The Morgan fingerprint density at radius 2 is 1.72 bits per heavy atom. The van der Waals surface area contributed by atoms with Crippen molar-refractivity contribution < 1.29 is 19.0 Å². The van der Waals surface area contributed by atoms with E-state index in [4.69, 9.17) is 37.4 Å². The third-order valence-corrected chi connectivity index (χ3v) is 4.11. The average molecular weight is 437 g/mol. The van der Waals surface area contributed by atoms with Crippen LogP contribution in [-0.4, -0.2) is 31.9 Å². The SMILES string of the molecule is C=CCOc1c(Cl)cc(/C=N/NC(=O)c2ccc(OCC)c(OCC)c2)cc1Cl. The lowest BCUT2D eigenvalue weighted by Crippen LogP contribution is -2.17. The van der Waals surface area contributed by atoms with Gasteiger partial charge in [0.2, 0.25) is 0 Å². The Balaban J connectivity index is 2.09. The molecule has 2 aromatic carbocycles. The summed E-state index contributed by atoms with van der Waals surface area (Å²) < 4.78 is 16.4. The van der Waals surface area contributed by atoms with Gasteiger partial charge in [-0.1, -0.05) is 35.9 Å². The van der Waals surface area contributed by atoms with Crippen LogP contribution < -0.4 is 19.6 Å². The Kier molecular flexibility index (Phi) is 8.83. The van der Waals surface area contributed by atoms with Gasteiger partial charge >= 0.3 is 0 Å². The first-order chi connectivity index (χ1) is 14.0. The number of nitrogens with one attached hydrogen (secondary N) is 1. The van der Waals surface area contributed by atoms with E-state index in [2.05, 4.69) is 17.1 Å². The third-order valence-electron chi connectivity index (χ3n) is 3.55. The van der Waals surface area contributed by atoms with E-state index in [1.165, 1.54) is 6.21 Å². The molecule has 0 atom stereocenters. The number of benzene rings is 2. The van der Waals surface area contributed by atoms with Crippen molar-refractivity contribution in [2.75, 3.05) is 19.8 Å². The summed E-state index contributed by atoms with van der Waals surface area (Å²) in [6.07, 6.45) is 3.03. The molecule has 0 fully saturated rings. The second-order valence-electron chi connectivity index (χ2n) is 5.64. The van der Waals surface area contributed by atoms with E-state index < -0.39 is 5.91 Å². The van der Waals surface area contributed by atoms with E-state index in [1.54, 1.807) is 36.4 Å². The van der Waals surface area contributed by atoms with E-state index in [0.29, 0.717) is 51.6 Å². The summed E-state index contributed by atoms with van der Waals surface area (Å²) in [5.41, 5.74) is 3.45. The highest BCUT2D eigenvalue weighted by molar-refractivity contribution is 6.37. The van der Waals surface area contributed by atoms with Gasteiger partial charge in [-0.25, -0.2) is 5.43 Å². The van der Waals surface area contributed by atoms with E-state index >= 15 is 0 Å². The minimum atomic E-state index is -0.395. The topological polar surface area (TPSA) is 69.2 Å². The van der Waals surface area contributed by atoms with Crippen molar-refractivity contribution in [2.45, 2.75) is 13.8 Å². The van der Waals surface area contributed by atoms with Crippen molar-refractivity contribution in [1.82, 2.24) is 5.43 Å². The molecule has 0 unspecified atom stereocenters. The van der Waals surface area contributed by atoms with Crippen LogP contribution in [0.2, 0.25) is 10.0 Å². The van der Waals surface area contributed by atoms with E-state index in [1.807, 2.05) is 13.8 Å². The zero-order valence-electron chi connectivity index (χ0n) is 16.2. The summed E-state index contributed by atoms with van der Waals surface area (Å²) in [7, 11) is 0. The van der Waals surface area contributed by atoms with Gasteiger partial charge in [-0.05, 0) is 49.7 Å². The lowest BCUT2D eigenvalue weighted by Gasteiger charge is -2.11. The quantitative estimate of drug-likeness (QED) is 0.318. The van der Waals surface area contributed by atoms with Crippen molar-refractivity contribution in [3.05, 3.63) is 64.2 Å². The van der Waals surface area contributed by atoms with Gasteiger partial charge < -0.3 is 14.2 Å². The van der Waals surface area contributed by atoms with Crippen molar-refractivity contribution in [1.29, 1.82) is 0 Å². The lowest BCUT2D eigenvalue weighted by molar-refractivity contribution is 0.0954. The van der Waals surface area contributed by atoms with Crippen LogP contribution in [0.1, 0.15) is 29.8 Å². The van der Waals surface area contributed by atoms with Gasteiger partial charge in [-0.2, -0.15) is 5.10 Å². The Hall–Kier alpha value is -2.70. The first-order valence-electron chi connectivity index (χ1n) is 8.95. The number of carbonyl (C=O) groups is 1. The number of ether oxygens (including phenoxy) is 3. The average Bonchev–Trinajstić information content (AvgIpc) is 2.69. The van der Waals surface area contributed by atoms with E-state index in [9.17, 15) is 4.79 Å². The standard InChI is InChI=1S/C21H22Cl2N2O4/c1-4-9-29-20-16(22)10-14(11-17(20)23)13-24-25-21(26)15-7-8-18(27-5-2)19(12-15)28-6-3/h4,7-8,10-13H,1,5-6,9H2,2-3H3,(H,25,26)/b24-13+. The summed E-state index contributed by atoms with van der Waals surface area (Å²) in [6, 6.07) is 8.20. The molecule has 8 heteroatoms. The summed E-state index contributed by atoms with van der Waals surface area (Å²) in [5.74, 6) is 1.05. The van der Waals surface area contributed by atoms with Crippen LogP contribution in [0.25, 0.3) is 0 Å². The molecule has 0 saturated carbocycles. The van der Waals surface area contributed by atoms with Crippen LogP contribution in [0.4, 0.5) is 0 Å². The molecule has 0 radical (unpaired) electrons. The summed E-state index contributed by atoms with van der Waals surface area (Å²) in [4.78, 5) is 12.4. The fourth-order valence-corrected chi connectivity index (χ4v) is 2.97. The van der Waals surface area contributed by atoms with Gasteiger partial charge in [0.25, 0.3) is 5.91 Å². The van der Waals surface area contributed by atoms with Crippen molar-refractivity contribution in [3.8, 4) is 17.2 Å². The van der Waals surface area contributed by atoms with Gasteiger partial charge in [0.15, 0.2) is 17.2 Å². The van der Waals surface area contributed by atoms with Gasteiger partial charge in [0.05, 0.1) is 29.5 Å². The number of rotatable bonds is 10. The van der Waals surface area contributed by atoms with Crippen molar-refractivity contribution >= 4 is 35.3 Å². The molecule has 0 aliphatic heterocycles. The predicted molar refractivity (Wildman–Crippen MR) is 116 cm³/mol. The molecule has 1 amide bonds. The minimum absolute atomic E-state index is 0.286. The van der Waals surface area contributed by atoms with Crippen LogP contribution in [0.3, 0.4) is 0 Å². The second-order valence-corrected chi connectivity index (χ2v) is 6.45. The first-order valence-corrected chi connectivity index (χ1v) is 9.71. The molecule has 0 spiro atoms. The fourth-order valence-electron chi connectivity index (χ4n) is 2.36. The summed E-state index contributed by atoms with van der Waals surface area (Å²) in [6.45, 7) is 8.55. The third kappa shape index (κ3) is 6.41. The molecule has 2 rings (SSSR count). The molecule has 0 aliphatic carbocycles. The molecule has 0 aromatic heterocycles. The molecule has 0 aliphatic rings. The van der Waals surface area contributed by atoms with Crippen LogP contribution in [0.15, 0.2) is 48.1 Å². The zero-order valence-corrected chi connectivity index (χ0v) is 17.7. The Labute approximate surface area is 180 Å². The normalized spacial score (nSPS) is 10.6. The molecule has 0 heterocycles. The second kappa shape index (κ2) is 11.3. The zero-order chi connectivity index (χ0) is 21.2. The largest absolute Gasteiger partial charge is 0.490 e. The summed E-state index contributed by atoms with van der Waals surface area (Å²) in [5, 5.41) is 4.62. The van der Waals surface area contributed by atoms with Crippen LogP contribution in [0, 0.1) is 0 Å². The molecular formula is C21H22Cl2N2O4. The van der Waals surface area contributed by atoms with Crippen molar-refractivity contribution in [3.63, 3.8) is 0 Å². The number of nitrogens with zero attached hydrogens (tertiary/aromatic N) is 1. The summed E-state index contributed by atoms with van der Waals surface area (Å²) >= 11 is 12.4. The van der Waals surface area contributed by atoms with Gasteiger partial charge in [0, 0.05) is 5.56 Å². The number of halogens is 2. The van der Waals surface area contributed by atoms with E-state index in [-0.39, 0.29) is 6.61 Å². The molecule has 1 N–H and O–H groups in total. The highest BCUT2D eigenvalue weighted by atomic mass is 35.5. The smallest absolute Gasteiger partial charge is 0.271 e. The highest BCUT2D eigenvalue weighted by Crippen LogP contribution is 2.34. The molecule has 29 heavy (non-hydrogen) atoms. The monoisotopic (exact) mass is 436 g/mol. The molecular weight excluding hydrogens is 415 g/mol. The van der Waals surface area contributed by atoms with Crippen LogP contribution in [-0.2, 0) is 0 Å². The van der Waals surface area contributed by atoms with Gasteiger partial charge in [-0.15, -0.1) is 0 Å². The Morgan fingerprint density at radius 1 is 1.07 bits per heavy atom. The van der Waals surface area contributed by atoms with Gasteiger partial charge in [0.1, 0.15) is 6.61 Å². The maximum atomic E-state index is 12.4. The minimum Gasteiger partial charge on any atom is -0.490 e. The molecule has 2 aromatic rings. The number of hydrogen-bond donors (Lipinski definition) is 1. The van der Waals surface area contributed by atoms with Crippen LogP contribution in [0.5, 0.6) is 17.2 Å². The first kappa shape index (κ1) is 22.6. The predicted octanol–water partition coefficient (Wildman–Crippen LogP) is 5.12. The molecule has 0 saturated heterocycles.